The smallest absolute Gasteiger partial charge is 0.137 e. The third-order valence-corrected chi connectivity index (χ3v) is 4.22. The van der Waals surface area contributed by atoms with Crippen LogP contribution in [0, 0.1) is 0 Å². The van der Waals surface area contributed by atoms with Gasteiger partial charge in [-0.15, -0.1) is 0 Å². The van der Waals surface area contributed by atoms with Crippen molar-refractivity contribution < 1.29 is 4.74 Å². The first-order valence-corrected chi connectivity index (χ1v) is 7.17. The van der Waals surface area contributed by atoms with Gasteiger partial charge in [-0.2, -0.15) is 0 Å². The summed E-state index contributed by atoms with van der Waals surface area (Å²) >= 11 is 0. The number of hydrogen-bond acceptors (Lipinski definition) is 3. The lowest BCUT2D eigenvalue weighted by Crippen LogP contribution is -2.06. The number of aryl methyl sites for hydroxylation is 2. The Morgan fingerprint density at radius 2 is 2.14 bits per heavy atom. The number of fused-ring (bicyclic) bond motifs is 5. The van der Waals surface area contributed by atoms with Crippen molar-refractivity contribution in [1.82, 2.24) is 9.38 Å². The van der Waals surface area contributed by atoms with Crippen LogP contribution >= 0.6 is 0 Å². The van der Waals surface area contributed by atoms with Crippen molar-refractivity contribution in [1.29, 1.82) is 0 Å². The quantitative estimate of drug-likeness (QED) is 0.784. The number of rotatable bonds is 2. The van der Waals surface area contributed by atoms with Gasteiger partial charge in [-0.05, 0) is 54.3 Å². The monoisotopic (exact) mass is 279 g/mol. The summed E-state index contributed by atoms with van der Waals surface area (Å²) in [7, 11) is 1.70. The van der Waals surface area contributed by atoms with Crippen molar-refractivity contribution in [3.05, 3.63) is 53.3 Å². The largest absolute Gasteiger partial charge is 0.497 e. The van der Waals surface area contributed by atoms with Gasteiger partial charge in [0.1, 0.15) is 11.4 Å². The maximum atomic E-state index is 5.72. The molecule has 0 radical (unpaired) electrons. The maximum absolute atomic E-state index is 5.72. The fourth-order valence-electron chi connectivity index (χ4n) is 3.11. The van der Waals surface area contributed by atoms with Gasteiger partial charge >= 0.3 is 0 Å². The highest BCUT2D eigenvalue weighted by atomic mass is 16.5. The fourth-order valence-corrected chi connectivity index (χ4v) is 3.11. The Morgan fingerprint density at radius 1 is 1.24 bits per heavy atom. The van der Waals surface area contributed by atoms with Crippen LogP contribution in [0.2, 0.25) is 0 Å². The standard InChI is InChI=1S/C17H17N3O/c1-21-13-3-4-14-12(9-13)2-5-15-17(14)19-16-8-11(10-18)6-7-20(15)16/h3-4,6-9H,2,5,10,18H2,1H3. The topological polar surface area (TPSA) is 52.5 Å². The van der Waals surface area contributed by atoms with E-state index in [0.717, 1.165) is 35.5 Å². The van der Waals surface area contributed by atoms with E-state index >= 15 is 0 Å². The highest BCUT2D eigenvalue weighted by Crippen LogP contribution is 2.35. The molecule has 0 amide bonds. The van der Waals surface area contributed by atoms with Crippen LogP contribution in [0.4, 0.5) is 0 Å². The molecule has 0 fully saturated rings. The third-order valence-electron chi connectivity index (χ3n) is 4.22. The summed E-state index contributed by atoms with van der Waals surface area (Å²) in [6, 6.07) is 10.4. The second kappa shape index (κ2) is 4.60. The van der Waals surface area contributed by atoms with Crippen LogP contribution in [0.1, 0.15) is 16.8 Å². The molecule has 4 nitrogen and oxygen atoms in total. The summed E-state index contributed by atoms with van der Waals surface area (Å²) in [5.41, 5.74) is 12.7. The molecule has 3 aromatic rings. The molecular weight excluding hydrogens is 262 g/mol. The predicted octanol–water partition coefficient (Wildman–Crippen LogP) is 2.57. The average molecular weight is 279 g/mol. The van der Waals surface area contributed by atoms with Crippen LogP contribution in [-0.4, -0.2) is 16.5 Å². The first-order chi connectivity index (χ1) is 10.3. The predicted molar refractivity (Wildman–Crippen MR) is 82.5 cm³/mol. The minimum absolute atomic E-state index is 0.543. The molecule has 2 N–H and O–H groups in total. The molecular formula is C17H17N3O. The van der Waals surface area contributed by atoms with E-state index in [-0.39, 0.29) is 0 Å². The van der Waals surface area contributed by atoms with Gasteiger partial charge in [0.2, 0.25) is 0 Å². The molecule has 0 unspecified atom stereocenters. The molecule has 4 rings (SSSR count). The minimum atomic E-state index is 0.543. The normalized spacial score (nSPS) is 13.0. The molecule has 4 heteroatoms. The van der Waals surface area contributed by atoms with Crippen molar-refractivity contribution in [2.45, 2.75) is 19.4 Å². The number of imidazole rings is 1. The molecule has 2 heterocycles. The number of pyridine rings is 1. The van der Waals surface area contributed by atoms with Gasteiger partial charge in [0.05, 0.1) is 18.5 Å². The van der Waals surface area contributed by atoms with E-state index in [2.05, 4.69) is 34.9 Å². The molecule has 0 aliphatic heterocycles. The molecule has 0 spiro atoms. The lowest BCUT2D eigenvalue weighted by Gasteiger charge is -2.16. The van der Waals surface area contributed by atoms with Crippen molar-refractivity contribution in [2.75, 3.05) is 7.11 Å². The number of hydrogen-bond donors (Lipinski definition) is 1. The van der Waals surface area contributed by atoms with Gasteiger partial charge in [0.15, 0.2) is 0 Å². The lowest BCUT2D eigenvalue weighted by molar-refractivity contribution is 0.414. The minimum Gasteiger partial charge on any atom is -0.497 e. The van der Waals surface area contributed by atoms with Crippen LogP contribution in [-0.2, 0) is 19.4 Å². The van der Waals surface area contributed by atoms with E-state index in [1.54, 1.807) is 7.11 Å². The second-order valence-corrected chi connectivity index (χ2v) is 5.40. The molecule has 0 atom stereocenters. The molecule has 1 aliphatic carbocycles. The zero-order valence-electron chi connectivity index (χ0n) is 12.0. The summed E-state index contributed by atoms with van der Waals surface area (Å²) < 4.78 is 7.50. The van der Waals surface area contributed by atoms with Crippen molar-refractivity contribution in [2.24, 2.45) is 5.73 Å². The van der Waals surface area contributed by atoms with Crippen LogP contribution in [0.3, 0.4) is 0 Å². The van der Waals surface area contributed by atoms with Gasteiger partial charge in [0.25, 0.3) is 0 Å². The van der Waals surface area contributed by atoms with Gasteiger partial charge in [-0.3, -0.25) is 0 Å². The number of benzene rings is 1. The second-order valence-electron chi connectivity index (χ2n) is 5.40. The molecule has 0 bridgehead atoms. The van der Waals surface area contributed by atoms with E-state index in [4.69, 9.17) is 15.5 Å². The number of nitrogens with zero attached hydrogens (tertiary/aromatic N) is 2. The summed E-state index contributed by atoms with van der Waals surface area (Å²) in [5, 5.41) is 0. The van der Waals surface area contributed by atoms with E-state index < -0.39 is 0 Å². The highest BCUT2D eigenvalue weighted by molar-refractivity contribution is 5.72. The summed E-state index contributed by atoms with van der Waals surface area (Å²) in [4.78, 5) is 4.83. The molecule has 1 aliphatic rings. The Bertz CT molecular complexity index is 835. The Morgan fingerprint density at radius 3 is 2.95 bits per heavy atom. The van der Waals surface area contributed by atoms with Crippen LogP contribution in [0.25, 0.3) is 16.9 Å². The Kier molecular flexibility index (Phi) is 2.72. The van der Waals surface area contributed by atoms with Crippen molar-refractivity contribution >= 4 is 5.65 Å². The summed E-state index contributed by atoms with van der Waals surface area (Å²) in [6.45, 7) is 0.543. The number of aromatic nitrogens is 2. The van der Waals surface area contributed by atoms with E-state index in [0.29, 0.717) is 6.54 Å². The number of nitrogens with two attached hydrogens (primary N) is 1. The molecule has 21 heavy (non-hydrogen) atoms. The first kappa shape index (κ1) is 12.4. The first-order valence-electron chi connectivity index (χ1n) is 7.17. The van der Waals surface area contributed by atoms with Gasteiger partial charge in [-0.25, -0.2) is 4.98 Å². The molecule has 106 valence electrons. The maximum Gasteiger partial charge on any atom is 0.137 e. The average Bonchev–Trinajstić information content (AvgIpc) is 2.92. The summed E-state index contributed by atoms with van der Waals surface area (Å²) in [5.74, 6) is 0.909. The van der Waals surface area contributed by atoms with Gasteiger partial charge < -0.3 is 14.9 Å². The Balaban J connectivity index is 1.93. The van der Waals surface area contributed by atoms with E-state index in [9.17, 15) is 0 Å². The number of methoxy groups -OCH3 is 1. The van der Waals surface area contributed by atoms with E-state index in [1.807, 2.05) is 6.07 Å². The third kappa shape index (κ3) is 1.83. The van der Waals surface area contributed by atoms with Crippen LogP contribution in [0.15, 0.2) is 36.5 Å². The molecule has 1 aromatic carbocycles. The molecule has 2 aromatic heterocycles. The SMILES string of the molecule is COc1ccc2c(c1)CCc1c-2nc2cc(CN)ccn12. The van der Waals surface area contributed by atoms with Crippen LogP contribution < -0.4 is 10.5 Å². The fraction of sp³-hybridized carbons (Fsp3) is 0.235. The number of ether oxygens (including phenoxy) is 1. The van der Waals surface area contributed by atoms with Gasteiger partial charge in [-0.1, -0.05) is 0 Å². The van der Waals surface area contributed by atoms with E-state index in [1.165, 1.54) is 16.8 Å². The van der Waals surface area contributed by atoms with Crippen LogP contribution in [0.5, 0.6) is 5.75 Å². The molecule has 0 saturated carbocycles. The van der Waals surface area contributed by atoms with Gasteiger partial charge in [0, 0.05) is 18.3 Å². The lowest BCUT2D eigenvalue weighted by atomic mass is 9.92. The Labute approximate surface area is 123 Å². The molecule has 0 saturated heterocycles. The zero-order valence-corrected chi connectivity index (χ0v) is 12.0. The zero-order chi connectivity index (χ0) is 14.4. The van der Waals surface area contributed by atoms with Crippen molar-refractivity contribution in [3.63, 3.8) is 0 Å². The van der Waals surface area contributed by atoms with Crippen molar-refractivity contribution in [3.8, 4) is 17.0 Å². The Hall–Kier alpha value is -2.33. The summed E-state index contributed by atoms with van der Waals surface area (Å²) in [6.07, 6.45) is 4.10. The highest BCUT2D eigenvalue weighted by Gasteiger charge is 2.21.